The molecule has 12 nitrogen and oxygen atoms in total. The third-order valence-electron chi connectivity index (χ3n) is 0. The molecule has 0 heterocycles. The second-order valence-electron chi connectivity index (χ2n) is 1.93. The Hall–Kier alpha value is 2.76. The SMILES string of the molecule is [O-][Si]([O-])([O-])F.[O-][Si]([O-])([O-])F.[O-][Si]([O-])([O-])F.[O-][Si]([O-])([O-])F.[Zr+4].[Zr+4].[Zr+4]. The number of hydrogen-bond donors (Lipinski definition) is 0. The average molecular weight is 654 g/mol. The summed E-state index contributed by atoms with van der Waals surface area (Å²) in [6, 6.07) is 0. The first-order valence-electron chi connectivity index (χ1n) is 3.21. The minimum atomic E-state index is -5.86. The van der Waals surface area contributed by atoms with Crippen LogP contribution in [0.3, 0.4) is 0 Å². The van der Waals surface area contributed by atoms with E-state index in [1.54, 1.807) is 0 Å². The van der Waals surface area contributed by atoms with Crippen molar-refractivity contribution in [1.82, 2.24) is 0 Å². The van der Waals surface area contributed by atoms with Crippen LogP contribution in [0.2, 0.25) is 0 Å². The number of rotatable bonds is 0. The Labute approximate surface area is 187 Å². The minimum Gasteiger partial charge on any atom is -0.857 e. The van der Waals surface area contributed by atoms with Crippen LogP contribution in [0.25, 0.3) is 0 Å². The number of halogens is 4. The van der Waals surface area contributed by atoms with E-state index in [-0.39, 0.29) is 78.6 Å². The molecule has 0 aromatic rings. The van der Waals surface area contributed by atoms with Gasteiger partial charge in [-0.3, -0.25) is 0 Å². The van der Waals surface area contributed by atoms with Crippen LogP contribution in [0.15, 0.2) is 0 Å². The van der Waals surface area contributed by atoms with Crippen LogP contribution in [0.5, 0.6) is 0 Å². The molecule has 0 aromatic heterocycles. The molecule has 128 valence electrons. The van der Waals surface area contributed by atoms with Crippen molar-refractivity contribution in [3.8, 4) is 0 Å². The summed E-state index contributed by atoms with van der Waals surface area (Å²) in [5.41, 5.74) is 0. The molecule has 0 saturated heterocycles. The summed E-state index contributed by atoms with van der Waals surface area (Å²) in [6.07, 6.45) is 0. The van der Waals surface area contributed by atoms with Crippen LogP contribution in [-0.4, -0.2) is 36.6 Å². The van der Waals surface area contributed by atoms with Gasteiger partial charge in [-0.05, 0) is 0 Å². The van der Waals surface area contributed by atoms with Gasteiger partial charge in [0.05, 0.1) is 0 Å². The molecular formula is F4O12Si4Zr3. The normalized spacial score (nSPS) is 10.4. The average Bonchev–Trinajstić information content (AvgIpc) is 1.62. The summed E-state index contributed by atoms with van der Waals surface area (Å²) >= 11 is 0. The molecule has 0 bridgehead atoms. The van der Waals surface area contributed by atoms with E-state index in [0.717, 1.165) is 0 Å². The molecule has 0 aliphatic carbocycles. The second kappa shape index (κ2) is 19.5. The largest absolute Gasteiger partial charge is 4.00 e. The van der Waals surface area contributed by atoms with Crippen molar-refractivity contribution in [1.29, 1.82) is 0 Å². The molecule has 23 heavy (non-hydrogen) atoms. The molecule has 0 saturated carbocycles. The Morgan fingerprint density at radius 1 is 0.304 bits per heavy atom. The van der Waals surface area contributed by atoms with Gasteiger partial charge < -0.3 is 74.0 Å². The summed E-state index contributed by atoms with van der Waals surface area (Å²) in [7, 11) is -23.4. The first kappa shape index (κ1) is 44.9. The van der Waals surface area contributed by atoms with Gasteiger partial charge in [0.15, 0.2) is 0 Å². The molecule has 0 spiro atoms. The smallest absolute Gasteiger partial charge is 0.857 e. The predicted molar refractivity (Wildman–Crippen MR) is 27.4 cm³/mol. The summed E-state index contributed by atoms with van der Waals surface area (Å²) in [6.45, 7) is 0. The van der Waals surface area contributed by atoms with E-state index in [4.69, 9.17) is 57.5 Å². The van der Waals surface area contributed by atoms with Crippen molar-refractivity contribution in [2.24, 2.45) is 0 Å². The van der Waals surface area contributed by atoms with Gasteiger partial charge in [0, 0.05) is 0 Å². The van der Waals surface area contributed by atoms with E-state index in [1.807, 2.05) is 0 Å². The molecule has 0 atom stereocenters. The molecule has 0 fully saturated rings. The van der Waals surface area contributed by atoms with Gasteiger partial charge in [-0.25, -0.2) is 0 Å². The fourth-order valence-corrected chi connectivity index (χ4v) is 0. The van der Waals surface area contributed by atoms with E-state index in [2.05, 4.69) is 0 Å². The summed E-state index contributed by atoms with van der Waals surface area (Å²) in [5, 5.41) is 0. The Balaban J connectivity index is -0.0000000284. The summed E-state index contributed by atoms with van der Waals surface area (Å²) in [5.74, 6) is 0. The fourth-order valence-electron chi connectivity index (χ4n) is 0. The van der Waals surface area contributed by atoms with E-state index >= 15 is 0 Å². The maximum absolute atomic E-state index is 10.2. The van der Waals surface area contributed by atoms with Gasteiger partial charge in [-0.2, -0.15) is 0 Å². The van der Waals surface area contributed by atoms with Gasteiger partial charge in [-0.1, -0.05) is 36.6 Å². The predicted octanol–water partition coefficient (Wildman–Crippen LogP) is -14.1. The topological polar surface area (TPSA) is 277 Å². The molecule has 0 radical (unpaired) electrons. The zero-order valence-electron chi connectivity index (χ0n) is 9.91. The van der Waals surface area contributed by atoms with Crippen molar-refractivity contribution in [2.45, 2.75) is 0 Å². The Bertz CT molecular complexity index is 150. The molecule has 0 aliphatic heterocycles. The van der Waals surface area contributed by atoms with Gasteiger partial charge in [0.25, 0.3) is 0 Å². The first-order chi connectivity index (χ1) is 8.00. The zero-order chi connectivity index (χ0) is 18.0. The van der Waals surface area contributed by atoms with Gasteiger partial charge in [0.2, 0.25) is 0 Å². The third kappa shape index (κ3) is 1690. The molecule has 0 aliphatic rings. The fraction of sp³-hybridized carbons (Fsp3) is 0. The Kier molecular flexibility index (Phi) is 38.1. The molecule has 0 rings (SSSR count). The van der Waals surface area contributed by atoms with Crippen molar-refractivity contribution >= 4 is 36.6 Å². The van der Waals surface area contributed by atoms with E-state index in [9.17, 15) is 16.4 Å². The summed E-state index contributed by atoms with van der Waals surface area (Å²) in [4.78, 5) is 102. The molecule has 23 heteroatoms. The number of hydrogen-bond acceptors (Lipinski definition) is 12. The van der Waals surface area contributed by atoms with Crippen molar-refractivity contribution in [3.63, 3.8) is 0 Å². The van der Waals surface area contributed by atoms with E-state index in [1.165, 1.54) is 0 Å². The quantitative estimate of drug-likeness (QED) is 0.134. The van der Waals surface area contributed by atoms with E-state index in [0.29, 0.717) is 0 Å². The molecular weight excluding hydrogens is 654 g/mol. The van der Waals surface area contributed by atoms with Gasteiger partial charge >= 0.3 is 78.6 Å². The maximum Gasteiger partial charge on any atom is 4.00 e. The van der Waals surface area contributed by atoms with Crippen molar-refractivity contribution in [2.75, 3.05) is 0 Å². The third-order valence-corrected chi connectivity index (χ3v) is 0. The van der Waals surface area contributed by atoms with Crippen LogP contribution in [0, 0.1) is 0 Å². The second-order valence-corrected chi connectivity index (χ2v) is 5.78. The van der Waals surface area contributed by atoms with Gasteiger partial charge in [-0.15, -0.1) is 0 Å². The van der Waals surface area contributed by atoms with Crippen LogP contribution < -0.4 is 57.5 Å². The molecule has 0 amide bonds. The monoisotopic (exact) mass is 650 g/mol. The molecule has 0 unspecified atom stereocenters. The van der Waals surface area contributed by atoms with Crippen LogP contribution >= 0.6 is 0 Å². The molecule has 0 N–H and O–H groups in total. The Morgan fingerprint density at radius 3 is 0.304 bits per heavy atom. The minimum absolute atomic E-state index is 0. The van der Waals surface area contributed by atoms with Crippen LogP contribution in [0.1, 0.15) is 0 Å². The van der Waals surface area contributed by atoms with Crippen LogP contribution in [0.4, 0.5) is 16.4 Å². The maximum atomic E-state index is 10.2. The van der Waals surface area contributed by atoms with Gasteiger partial charge in [0.1, 0.15) is 0 Å². The Morgan fingerprint density at radius 2 is 0.304 bits per heavy atom. The van der Waals surface area contributed by atoms with E-state index < -0.39 is 36.6 Å². The molecule has 0 aromatic carbocycles. The first-order valence-corrected chi connectivity index (χ1v) is 9.62. The van der Waals surface area contributed by atoms with Crippen molar-refractivity contribution in [3.05, 3.63) is 0 Å². The zero-order valence-corrected chi connectivity index (χ0v) is 21.3. The summed E-state index contributed by atoms with van der Waals surface area (Å²) < 4.78 is 40.6. The van der Waals surface area contributed by atoms with Crippen molar-refractivity contribution < 1.29 is 153 Å². The van der Waals surface area contributed by atoms with Crippen LogP contribution in [-0.2, 0) is 78.6 Å². The standard InChI is InChI=1S/4FO3Si.3Zr/c4*1-5(2,3)4;;;/q4*-3;3*+4.